The summed E-state index contributed by atoms with van der Waals surface area (Å²) in [4.78, 5) is 14.6. The molecule has 0 bridgehead atoms. The number of carbonyl (C=O) groups is 1. The minimum Gasteiger partial charge on any atom is -0.360 e. The molecule has 2 rings (SSSR count). The van der Waals surface area contributed by atoms with Crippen molar-refractivity contribution in [3.05, 3.63) is 11.5 Å². The van der Waals surface area contributed by atoms with Crippen LogP contribution in [0.15, 0.2) is 9.42 Å². The number of carbonyl (C=O) groups excluding carboxylic acids is 1. The Morgan fingerprint density at radius 3 is 2.46 bits per heavy atom. The summed E-state index contributed by atoms with van der Waals surface area (Å²) >= 11 is 0. The lowest BCUT2D eigenvalue weighted by Gasteiger charge is -2.20. The van der Waals surface area contributed by atoms with Crippen LogP contribution in [0.3, 0.4) is 0 Å². The van der Waals surface area contributed by atoms with Crippen LogP contribution in [-0.4, -0.2) is 56.6 Å². The first kappa shape index (κ1) is 20.9. The quantitative estimate of drug-likeness (QED) is 0.653. The maximum atomic E-state index is 12.4. The average Bonchev–Trinajstić information content (AvgIpc) is 2.77. The monoisotopic (exact) mass is 386 g/mol. The van der Waals surface area contributed by atoms with Gasteiger partial charge in [-0.15, -0.1) is 0 Å². The maximum absolute atomic E-state index is 12.4. The second kappa shape index (κ2) is 9.48. The molecule has 26 heavy (non-hydrogen) atoms. The van der Waals surface area contributed by atoms with Crippen molar-refractivity contribution in [2.75, 3.05) is 26.2 Å². The lowest BCUT2D eigenvalue weighted by molar-refractivity contribution is -0.122. The lowest BCUT2D eigenvalue weighted by atomic mass is 10.2. The summed E-state index contributed by atoms with van der Waals surface area (Å²) in [6.45, 7) is 8.36. The van der Waals surface area contributed by atoms with Gasteiger partial charge in [-0.25, -0.2) is 8.42 Å². The number of nitrogens with zero attached hydrogens (tertiary/aromatic N) is 2. The Balaban J connectivity index is 1.76. The summed E-state index contributed by atoms with van der Waals surface area (Å²) in [5.74, 6) is -0.128. The van der Waals surface area contributed by atoms with Crippen molar-refractivity contribution >= 4 is 15.9 Å². The zero-order valence-corrected chi connectivity index (χ0v) is 16.7. The molecule has 0 unspecified atom stereocenters. The predicted octanol–water partition coefficient (Wildman–Crippen LogP) is 1.34. The Morgan fingerprint density at radius 1 is 1.23 bits per heavy atom. The van der Waals surface area contributed by atoms with Crippen molar-refractivity contribution in [2.45, 2.75) is 63.8 Å². The van der Waals surface area contributed by atoms with Gasteiger partial charge in [-0.05, 0) is 59.7 Å². The zero-order valence-electron chi connectivity index (χ0n) is 15.9. The van der Waals surface area contributed by atoms with Gasteiger partial charge in [0.1, 0.15) is 10.6 Å². The molecule has 2 N–H and O–H groups in total. The van der Waals surface area contributed by atoms with E-state index in [0.717, 1.165) is 26.1 Å². The predicted molar refractivity (Wildman–Crippen MR) is 98.3 cm³/mol. The van der Waals surface area contributed by atoms with Gasteiger partial charge in [-0.2, -0.15) is 4.72 Å². The molecule has 1 amide bonds. The Morgan fingerprint density at radius 2 is 1.88 bits per heavy atom. The molecule has 1 atom stereocenters. The van der Waals surface area contributed by atoms with Gasteiger partial charge in [0.05, 0.1) is 6.04 Å². The molecule has 1 aromatic rings. The van der Waals surface area contributed by atoms with Gasteiger partial charge < -0.3 is 14.7 Å². The van der Waals surface area contributed by atoms with Crippen molar-refractivity contribution < 1.29 is 17.7 Å². The van der Waals surface area contributed by atoms with Crippen molar-refractivity contribution in [1.82, 2.24) is 20.1 Å². The number of amides is 1. The fraction of sp³-hybridized carbons (Fsp3) is 0.765. The molecule has 148 valence electrons. The summed E-state index contributed by atoms with van der Waals surface area (Å²) in [6.07, 6.45) is 5.95. The number of likely N-dealkylation sites (tertiary alicyclic amines) is 1. The van der Waals surface area contributed by atoms with Crippen LogP contribution < -0.4 is 10.0 Å². The normalized spacial score (nSPS) is 17.7. The number of hydrogen-bond acceptors (Lipinski definition) is 6. The smallest absolute Gasteiger partial charge is 0.246 e. The molecule has 1 aromatic heterocycles. The maximum Gasteiger partial charge on any atom is 0.246 e. The highest BCUT2D eigenvalue weighted by molar-refractivity contribution is 7.89. The van der Waals surface area contributed by atoms with Gasteiger partial charge in [0.2, 0.25) is 15.9 Å². The van der Waals surface area contributed by atoms with Crippen LogP contribution in [-0.2, 0) is 14.8 Å². The van der Waals surface area contributed by atoms with E-state index in [1.54, 1.807) is 6.92 Å². The molecular weight excluding hydrogens is 356 g/mol. The third-order valence-corrected chi connectivity index (χ3v) is 6.40. The molecule has 0 aromatic carbocycles. The number of hydrogen-bond donors (Lipinski definition) is 2. The molecule has 8 nitrogen and oxygen atoms in total. The van der Waals surface area contributed by atoms with Gasteiger partial charge in [-0.1, -0.05) is 18.0 Å². The van der Waals surface area contributed by atoms with Gasteiger partial charge in [0.15, 0.2) is 5.76 Å². The molecule has 1 saturated heterocycles. The first-order chi connectivity index (χ1) is 12.3. The van der Waals surface area contributed by atoms with E-state index in [1.807, 2.05) is 0 Å². The number of nitrogens with one attached hydrogen (secondary N) is 2. The summed E-state index contributed by atoms with van der Waals surface area (Å²) < 4.78 is 32.1. The molecule has 0 spiro atoms. The standard InChI is InChI=1S/C17H30N4O4S/c1-13-16(15(3)25-19-13)26(23,24)20-14(2)17(22)18-9-8-12-21-10-6-4-5-7-11-21/h14,20H,4-12H2,1-3H3,(H,18,22)/t14-/m0/s1. The Bertz CT molecular complexity index is 674. The van der Waals surface area contributed by atoms with E-state index in [1.165, 1.54) is 39.5 Å². The van der Waals surface area contributed by atoms with Crippen molar-refractivity contribution in [3.63, 3.8) is 0 Å². The Labute approximate surface area is 155 Å². The van der Waals surface area contributed by atoms with Crippen LogP contribution in [0.2, 0.25) is 0 Å². The number of sulfonamides is 1. The topological polar surface area (TPSA) is 105 Å². The molecule has 9 heteroatoms. The van der Waals surface area contributed by atoms with Gasteiger partial charge in [0, 0.05) is 6.54 Å². The molecule has 1 fully saturated rings. The van der Waals surface area contributed by atoms with Crippen LogP contribution in [0.25, 0.3) is 0 Å². The van der Waals surface area contributed by atoms with Crippen LogP contribution in [0.4, 0.5) is 0 Å². The number of rotatable bonds is 8. The van der Waals surface area contributed by atoms with E-state index in [0.29, 0.717) is 6.54 Å². The van der Waals surface area contributed by atoms with E-state index in [4.69, 9.17) is 4.52 Å². The molecule has 0 radical (unpaired) electrons. The van der Waals surface area contributed by atoms with Crippen molar-refractivity contribution in [2.24, 2.45) is 0 Å². The van der Waals surface area contributed by atoms with Crippen LogP contribution in [0.1, 0.15) is 50.5 Å². The molecular formula is C17H30N4O4S. The van der Waals surface area contributed by atoms with Gasteiger partial charge >= 0.3 is 0 Å². The summed E-state index contributed by atoms with van der Waals surface area (Å²) in [6, 6.07) is -0.869. The first-order valence-corrected chi connectivity index (χ1v) is 10.7. The molecule has 1 aliphatic rings. The highest BCUT2D eigenvalue weighted by atomic mass is 32.2. The van der Waals surface area contributed by atoms with Crippen LogP contribution in [0.5, 0.6) is 0 Å². The third-order valence-electron chi connectivity index (χ3n) is 4.61. The molecule has 0 aliphatic carbocycles. The second-order valence-electron chi connectivity index (χ2n) is 6.90. The van der Waals surface area contributed by atoms with Gasteiger partial charge in [0.25, 0.3) is 0 Å². The van der Waals surface area contributed by atoms with Crippen LogP contribution >= 0.6 is 0 Å². The van der Waals surface area contributed by atoms with E-state index >= 15 is 0 Å². The second-order valence-corrected chi connectivity index (χ2v) is 8.55. The van der Waals surface area contributed by atoms with E-state index in [-0.39, 0.29) is 22.3 Å². The summed E-state index contributed by atoms with van der Waals surface area (Å²) in [5, 5.41) is 6.45. The number of aromatic nitrogens is 1. The largest absolute Gasteiger partial charge is 0.360 e. The molecule has 1 aliphatic heterocycles. The highest BCUT2D eigenvalue weighted by Gasteiger charge is 2.27. The fourth-order valence-electron chi connectivity index (χ4n) is 3.23. The van der Waals surface area contributed by atoms with E-state index in [2.05, 4.69) is 20.1 Å². The average molecular weight is 387 g/mol. The Kier molecular flexibility index (Phi) is 7.60. The lowest BCUT2D eigenvalue weighted by Crippen LogP contribution is -2.45. The minimum atomic E-state index is -3.85. The van der Waals surface area contributed by atoms with E-state index < -0.39 is 16.1 Å². The third kappa shape index (κ3) is 5.78. The molecule has 2 heterocycles. The van der Waals surface area contributed by atoms with Crippen molar-refractivity contribution in [1.29, 1.82) is 0 Å². The van der Waals surface area contributed by atoms with Gasteiger partial charge in [-0.3, -0.25) is 4.79 Å². The fourth-order valence-corrected chi connectivity index (χ4v) is 4.76. The molecule has 0 saturated carbocycles. The minimum absolute atomic E-state index is 0.00156. The summed E-state index contributed by atoms with van der Waals surface area (Å²) in [7, 11) is -3.85. The summed E-state index contributed by atoms with van der Waals surface area (Å²) in [5.41, 5.74) is 0.278. The van der Waals surface area contributed by atoms with Crippen molar-refractivity contribution in [3.8, 4) is 0 Å². The highest BCUT2D eigenvalue weighted by Crippen LogP contribution is 2.18. The van der Waals surface area contributed by atoms with Crippen LogP contribution in [0, 0.1) is 13.8 Å². The zero-order chi connectivity index (χ0) is 19.2. The Hall–Kier alpha value is -1.45. The number of aryl methyl sites for hydroxylation is 2. The SMILES string of the molecule is Cc1noc(C)c1S(=O)(=O)N[C@@H](C)C(=O)NCCCN1CCCCCC1. The first-order valence-electron chi connectivity index (χ1n) is 9.26. The van der Waals surface area contributed by atoms with E-state index in [9.17, 15) is 13.2 Å².